The normalized spacial score (nSPS) is 24.5. The lowest BCUT2D eigenvalue weighted by Crippen LogP contribution is -2.32. The Morgan fingerprint density at radius 3 is 2.32 bits per heavy atom. The Balaban J connectivity index is 2.27. The molecule has 0 bridgehead atoms. The van der Waals surface area contributed by atoms with Gasteiger partial charge in [-0.2, -0.15) is 4.31 Å². The maximum atomic E-state index is 12.3. The number of rotatable bonds is 3. The van der Waals surface area contributed by atoms with Crippen molar-refractivity contribution in [3.05, 3.63) is 34.4 Å². The molecule has 2 N–H and O–H groups in total. The molecule has 0 radical (unpaired) electrons. The van der Waals surface area contributed by atoms with E-state index in [1.165, 1.54) is 28.6 Å². The Kier molecular flexibility index (Phi) is 3.57. The summed E-state index contributed by atoms with van der Waals surface area (Å²) in [5.74, 6) is 0.104. The molecule has 19 heavy (non-hydrogen) atoms. The highest BCUT2D eigenvalue weighted by Crippen LogP contribution is 2.24. The quantitative estimate of drug-likeness (QED) is 0.645. The summed E-state index contributed by atoms with van der Waals surface area (Å²) < 4.78 is 25.9. The van der Waals surface area contributed by atoms with Crippen LogP contribution in [0.2, 0.25) is 0 Å². The molecule has 2 rings (SSSR count). The van der Waals surface area contributed by atoms with E-state index < -0.39 is 14.9 Å². The van der Waals surface area contributed by atoms with Crippen LogP contribution < -0.4 is 5.73 Å². The first-order valence-electron chi connectivity index (χ1n) is 5.82. The molecule has 0 amide bonds. The van der Waals surface area contributed by atoms with Crippen molar-refractivity contribution in [2.45, 2.75) is 17.9 Å². The molecule has 1 aromatic carbocycles. The topological polar surface area (TPSA) is 107 Å². The zero-order valence-corrected chi connectivity index (χ0v) is 11.2. The zero-order chi connectivity index (χ0) is 14.2. The molecule has 0 saturated carbocycles. The second-order valence-electron chi connectivity index (χ2n) is 4.71. The molecule has 0 aliphatic carbocycles. The molecule has 0 spiro atoms. The van der Waals surface area contributed by atoms with Crippen molar-refractivity contribution in [1.29, 1.82) is 0 Å². The summed E-state index contributed by atoms with van der Waals surface area (Å²) in [6, 6.07) is 4.70. The molecule has 1 aromatic rings. The number of sulfonamides is 1. The van der Waals surface area contributed by atoms with Gasteiger partial charge < -0.3 is 5.73 Å². The Labute approximate surface area is 111 Å². The summed E-state index contributed by atoms with van der Waals surface area (Å²) in [7, 11) is -3.62. The van der Waals surface area contributed by atoms with Gasteiger partial charge in [-0.1, -0.05) is 6.92 Å². The number of nitro groups is 1. The second kappa shape index (κ2) is 4.87. The average Bonchev–Trinajstić information content (AvgIpc) is 2.70. The first kappa shape index (κ1) is 13.9. The molecule has 1 fully saturated rings. The van der Waals surface area contributed by atoms with Gasteiger partial charge in [0.25, 0.3) is 5.69 Å². The Hall–Kier alpha value is -1.51. The first-order valence-corrected chi connectivity index (χ1v) is 7.26. The summed E-state index contributed by atoms with van der Waals surface area (Å²) in [6.07, 6.45) is 0. The number of non-ortho nitro benzene ring substituents is 1. The van der Waals surface area contributed by atoms with Gasteiger partial charge in [0.15, 0.2) is 0 Å². The third-order valence-electron chi connectivity index (χ3n) is 3.32. The van der Waals surface area contributed by atoms with Crippen LogP contribution in [0.15, 0.2) is 29.2 Å². The SMILES string of the molecule is C[C@H]1CN(S(=O)(=O)c2ccc([N+](=O)[O-])cc2)C[C@H]1N. The summed E-state index contributed by atoms with van der Waals surface area (Å²) in [4.78, 5) is 10.0. The van der Waals surface area contributed by atoms with Crippen molar-refractivity contribution in [3.8, 4) is 0 Å². The van der Waals surface area contributed by atoms with Crippen molar-refractivity contribution in [2.24, 2.45) is 11.7 Å². The minimum absolute atomic E-state index is 0.0550. The number of nitrogens with two attached hydrogens (primary N) is 1. The van der Waals surface area contributed by atoms with Crippen LogP contribution in [0.25, 0.3) is 0 Å². The lowest BCUT2D eigenvalue weighted by molar-refractivity contribution is -0.384. The molecule has 0 aromatic heterocycles. The smallest absolute Gasteiger partial charge is 0.269 e. The standard InChI is InChI=1S/C11H15N3O4S/c1-8-6-13(7-11(8)12)19(17,18)10-4-2-9(3-5-10)14(15)16/h2-5,8,11H,6-7,12H2,1H3/t8-,11+/m0/s1. The van der Waals surface area contributed by atoms with Crippen molar-refractivity contribution in [3.63, 3.8) is 0 Å². The molecule has 1 saturated heterocycles. The molecule has 8 heteroatoms. The minimum Gasteiger partial charge on any atom is -0.326 e. The van der Waals surface area contributed by atoms with E-state index in [9.17, 15) is 18.5 Å². The number of hydrogen-bond donors (Lipinski definition) is 1. The summed E-state index contributed by atoms with van der Waals surface area (Å²) in [5.41, 5.74) is 5.68. The highest BCUT2D eigenvalue weighted by Gasteiger charge is 2.35. The molecule has 0 unspecified atom stereocenters. The van der Waals surface area contributed by atoms with Gasteiger partial charge in [0.05, 0.1) is 9.82 Å². The first-order chi connectivity index (χ1) is 8.82. The second-order valence-corrected chi connectivity index (χ2v) is 6.65. The molecular weight excluding hydrogens is 270 g/mol. The van der Waals surface area contributed by atoms with Gasteiger partial charge in [-0.05, 0) is 18.1 Å². The predicted molar refractivity (Wildman–Crippen MR) is 69.0 cm³/mol. The van der Waals surface area contributed by atoms with Gasteiger partial charge in [-0.3, -0.25) is 10.1 Å². The third kappa shape index (κ3) is 2.60. The predicted octanol–water partition coefficient (Wildman–Crippen LogP) is 0.563. The van der Waals surface area contributed by atoms with Gasteiger partial charge >= 0.3 is 0 Å². The summed E-state index contributed by atoms with van der Waals surface area (Å²) in [6.45, 7) is 2.55. The van der Waals surface area contributed by atoms with Crippen LogP contribution in [0.3, 0.4) is 0 Å². The Bertz CT molecular complexity index is 574. The number of benzene rings is 1. The molecule has 104 valence electrons. The minimum atomic E-state index is -3.62. The van der Waals surface area contributed by atoms with Crippen LogP contribution >= 0.6 is 0 Å². The van der Waals surface area contributed by atoms with Crippen molar-refractivity contribution in [1.82, 2.24) is 4.31 Å². The maximum Gasteiger partial charge on any atom is 0.269 e. The van der Waals surface area contributed by atoms with Crippen molar-refractivity contribution in [2.75, 3.05) is 13.1 Å². The summed E-state index contributed by atoms with van der Waals surface area (Å²) in [5, 5.41) is 10.5. The van der Waals surface area contributed by atoms with Crippen LogP contribution in [0, 0.1) is 16.0 Å². The van der Waals surface area contributed by atoms with E-state index in [1.807, 2.05) is 6.92 Å². The molecular formula is C11H15N3O4S. The fourth-order valence-electron chi connectivity index (χ4n) is 2.03. The van der Waals surface area contributed by atoms with Crippen LogP contribution in [-0.4, -0.2) is 36.8 Å². The molecule has 1 aliphatic rings. The van der Waals surface area contributed by atoms with Gasteiger partial charge in [-0.15, -0.1) is 0 Å². The van der Waals surface area contributed by atoms with E-state index in [0.717, 1.165) is 0 Å². The van der Waals surface area contributed by atoms with E-state index >= 15 is 0 Å². The van der Waals surface area contributed by atoms with E-state index in [0.29, 0.717) is 6.54 Å². The van der Waals surface area contributed by atoms with Crippen molar-refractivity contribution >= 4 is 15.7 Å². The molecule has 1 heterocycles. The molecule has 7 nitrogen and oxygen atoms in total. The van der Waals surface area contributed by atoms with Crippen LogP contribution in [0.4, 0.5) is 5.69 Å². The highest BCUT2D eigenvalue weighted by molar-refractivity contribution is 7.89. The van der Waals surface area contributed by atoms with Gasteiger partial charge in [-0.25, -0.2) is 8.42 Å². The maximum absolute atomic E-state index is 12.3. The van der Waals surface area contributed by atoms with Gasteiger partial charge in [0.1, 0.15) is 0 Å². The van der Waals surface area contributed by atoms with Crippen LogP contribution in [0.5, 0.6) is 0 Å². The van der Waals surface area contributed by atoms with E-state index in [4.69, 9.17) is 5.73 Å². The van der Waals surface area contributed by atoms with E-state index in [1.54, 1.807) is 0 Å². The molecule has 2 atom stereocenters. The highest BCUT2D eigenvalue weighted by atomic mass is 32.2. The fraction of sp³-hybridized carbons (Fsp3) is 0.455. The fourth-order valence-corrected chi connectivity index (χ4v) is 3.61. The van der Waals surface area contributed by atoms with Crippen LogP contribution in [-0.2, 0) is 10.0 Å². The number of nitro benzene ring substituents is 1. The largest absolute Gasteiger partial charge is 0.326 e. The summed E-state index contributed by atoms with van der Waals surface area (Å²) >= 11 is 0. The lowest BCUT2D eigenvalue weighted by atomic mass is 10.1. The number of hydrogen-bond acceptors (Lipinski definition) is 5. The van der Waals surface area contributed by atoms with Crippen molar-refractivity contribution < 1.29 is 13.3 Å². The van der Waals surface area contributed by atoms with Crippen LogP contribution in [0.1, 0.15) is 6.92 Å². The monoisotopic (exact) mass is 285 g/mol. The Morgan fingerprint density at radius 1 is 1.32 bits per heavy atom. The number of nitrogens with zero attached hydrogens (tertiary/aromatic N) is 2. The zero-order valence-electron chi connectivity index (χ0n) is 10.4. The van der Waals surface area contributed by atoms with E-state index in [-0.39, 0.29) is 29.1 Å². The van der Waals surface area contributed by atoms with Gasteiger partial charge in [0, 0.05) is 31.3 Å². The van der Waals surface area contributed by atoms with Gasteiger partial charge in [0.2, 0.25) is 10.0 Å². The average molecular weight is 285 g/mol. The van der Waals surface area contributed by atoms with E-state index in [2.05, 4.69) is 0 Å². The third-order valence-corrected chi connectivity index (χ3v) is 5.17. The molecule has 1 aliphatic heterocycles. The lowest BCUT2D eigenvalue weighted by Gasteiger charge is -2.15. The Morgan fingerprint density at radius 2 is 1.89 bits per heavy atom.